The maximum atomic E-state index is 12.5. The number of benzene rings is 1. The Kier molecular flexibility index (Phi) is 5.45. The smallest absolute Gasteiger partial charge is 0.256 e. The number of nitrogens with one attached hydrogen (secondary N) is 1. The van der Waals surface area contributed by atoms with E-state index in [0.717, 1.165) is 15.6 Å². The summed E-state index contributed by atoms with van der Waals surface area (Å²) in [6, 6.07) is 5.84. The number of halogens is 2. The highest BCUT2D eigenvalue weighted by molar-refractivity contribution is 9.10. The fourth-order valence-corrected chi connectivity index (χ4v) is 5.25. The van der Waals surface area contributed by atoms with E-state index in [1.807, 2.05) is 30.5 Å². The van der Waals surface area contributed by atoms with Crippen molar-refractivity contribution in [2.75, 3.05) is 5.32 Å². The lowest BCUT2D eigenvalue weighted by Crippen LogP contribution is -2.12. The molecule has 0 spiro atoms. The zero-order chi connectivity index (χ0) is 16.4. The Hall–Kier alpha value is -0.840. The van der Waals surface area contributed by atoms with Gasteiger partial charge in [0.1, 0.15) is 0 Å². The van der Waals surface area contributed by atoms with Gasteiger partial charge in [-0.2, -0.15) is 0 Å². The minimum absolute atomic E-state index is 0.102. The van der Waals surface area contributed by atoms with Gasteiger partial charge in [0.2, 0.25) is 0 Å². The minimum atomic E-state index is -0.102. The second kappa shape index (κ2) is 7.37. The first kappa shape index (κ1) is 17.0. The predicted molar refractivity (Wildman–Crippen MR) is 102 cm³/mol. The van der Waals surface area contributed by atoms with Crippen LogP contribution in [0.1, 0.15) is 58.8 Å². The van der Waals surface area contributed by atoms with Crippen molar-refractivity contribution >= 4 is 50.5 Å². The SMILES string of the molecule is Cc1cc(Cl)c(NC(=O)c2csc(C3CCCCC3)c2)c(Br)c1. The average molecular weight is 413 g/mol. The monoisotopic (exact) mass is 411 g/mol. The summed E-state index contributed by atoms with van der Waals surface area (Å²) in [6.45, 7) is 1.97. The van der Waals surface area contributed by atoms with E-state index in [9.17, 15) is 4.79 Å². The molecule has 0 radical (unpaired) electrons. The van der Waals surface area contributed by atoms with E-state index in [0.29, 0.717) is 16.6 Å². The van der Waals surface area contributed by atoms with Crippen molar-refractivity contribution in [1.82, 2.24) is 0 Å². The number of rotatable bonds is 3. The average Bonchev–Trinajstić information content (AvgIpc) is 3.01. The van der Waals surface area contributed by atoms with Crippen LogP contribution in [-0.4, -0.2) is 5.91 Å². The number of aryl methyl sites for hydroxylation is 1. The van der Waals surface area contributed by atoms with E-state index < -0.39 is 0 Å². The van der Waals surface area contributed by atoms with Crippen LogP contribution in [0.25, 0.3) is 0 Å². The van der Waals surface area contributed by atoms with Crippen LogP contribution in [0.3, 0.4) is 0 Å². The van der Waals surface area contributed by atoms with Crippen molar-refractivity contribution in [3.63, 3.8) is 0 Å². The van der Waals surface area contributed by atoms with Gasteiger partial charge in [-0.1, -0.05) is 30.9 Å². The largest absolute Gasteiger partial charge is 0.320 e. The molecule has 1 N–H and O–H groups in total. The van der Waals surface area contributed by atoms with Crippen molar-refractivity contribution in [2.24, 2.45) is 0 Å². The molecule has 0 saturated heterocycles. The van der Waals surface area contributed by atoms with E-state index in [4.69, 9.17) is 11.6 Å². The highest BCUT2D eigenvalue weighted by atomic mass is 79.9. The highest BCUT2D eigenvalue weighted by Crippen LogP contribution is 2.37. The molecule has 0 bridgehead atoms. The van der Waals surface area contributed by atoms with Crippen LogP contribution in [-0.2, 0) is 0 Å². The van der Waals surface area contributed by atoms with Crippen LogP contribution in [0, 0.1) is 6.92 Å². The van der Waals surface area contributed by atoms with Gasteiger partial charge in [0.05, 0.1) is 16.3 Å². The third kappa shape index (κ3) is 3.98. The van der Waals surface area contributed by atoms with Crippen molar-refractivity contribution in [2.45, 2.75) is 44.9 Å². The van der Waals surface area contributed by atoms with Crippen molar-refractivity contribution in [1.29, 1.82) is 0 Å². The number of thiophene rings is 1. The van der Waals surface area contributed by atoms with Crippen LogP contribution in [0.4, 0.5) is 5.69 Å². The quantitative estimate of drug-likeness (QED) is 0.592. The van der Waals surface area contributed by atoms with Gasteiger partial charge in [0.25, 0.3) is 5.91 Å². The predicted octanol–water partition coefficient (Wildman–Crippen LogP) is 6.77. The molecule has 1 aliphatic rings. The van der Waals surface area contributed by atoms with E-state index >= 15 is 0 Å². The molecular weight excluding hydrogens is 394 g/mol. The maximum Gasteiger partial charge on any atom is 0.256 e. The van der Waals surface area contributed by atoms with E-state index in [1.54, 1.807) is 11.3 Å². The summed E-state index contributed by atoms with van der Waals surface area (Å²) in [5.74, 6) is 0.528. The highest BCUT2D eigenvalue weighted by Gasteiger charge is 2.19. The summed E-state index contributed by atoms with van der Waals surface area (Å²) in [7, 11) is 0. The Balaban J connectivity index is 1.75. The first-order valence-corrected chi connectivity index (χ1v) is 9.95. The van der Waals surface area contributed by atoms with Gasteiger partial charge < -0.3 is 5.32 Å². The van der Waals surface area contributed by atoms with Crippen LogP contribution >= 0.6 is 38.9 Å². The number of hydrogen-bond acceptors (Lipinski definition) is 2. The lowest BCUT2D eigenvalue weighted by molar-refractivity contribution is 0.102. The van der Waals surface area contributed by atoms with Crippen LogP contribution < -0.4 is 5.32 Å². The number of hydrogen-bond donors (Lipinski definition) is 1. The van der Waals surface area contributed by atoms with E-state index in [1.165, 1.54) is 37.0 Å². The zero-order valence-electron chi connectivity index (χ0n) is 13.0. The molecule has 1 saturated carbocycles. The summed E-state index contributed by atoms with van der Waals surface area (Å²) in [5.41, 5.74) is 2.40. The molecule has 23 heavy (non-hydrogen) atoms. The lowest BCUT2D eigenvalue weighted by atomic mass is 9.88. The van der Waals surface area contributed by atoms with Gasteiger partial charge in [-0.05, 0) is 65.4 Å². The Bertz CT molecular complexity index is 699. The molecule has 2 aromatic rings. The van der Waals surface area contributed by atoms with E-state index in [-0.39, 0.29) is 5.91 Å². The minimum Gasteiger partial charge on any atom is -0.320 e. The van der Waals surface area contributed by atoms with Crippen molar-refractivity contribution < 1.29 is 4.79 Å². The van der Waals surface area contributed by atoms with Crippen molar-refractivity contribution in [3.05, 3.63) is 49.1 Å². The molecule has 1 aromatic carbocycles. The Morgan fingerprint density at radius 2 is 2.00 bits per heavy atom. The first-order chi connectivity index (χ1) is 11.0. The zero-order valence-corrected chi connectivity index (χ0v) is 16.2. The summed E-state index contributed by atoms with van der Waals surface area (Å²) >= 11 is 11.4. The first-order valence-electron chi connectivity index (χ1n) is 7.90. The molecular formula is C18H19BrClNOS. The van der Waals surface area contributed by atoms with Crippen LogP contribution in [0.5, 0.6) is 0 Å². The molecule has 2 nitrogen and oxygen atoms in total. The number of carbonyl (C=O) groups excluding carboxylic acids is 1. The Morgan fingerprint density at radius 1 is 1.26 bits per heavy atom. The number of carbonyl (C=O) groups is 1. The van der Waals surface area contributed by atoms with E-state index in [2.05, 4.69) is 21.2 Å². The fourth-order valence-electron chi connectivity index (χ4n) is 3.08. The Labute approximate surface area is 154 Å². The standard InChI is InChI=1S/C18H19BrClNOS/c1-11-7-14(19)17(15(20)8-11)21-18(22)13-9-16(23-10-13)12-5-3-2-4-6-12/h7-10,12H,2-6H2,1H3,(H,21,22). The molecule has 1 amide bonds. The molecule has 122 valence electrons. The second-order valence-electron chi connectivity index (χ2n) is 6.13. The fraction of sp³-hybridized carbons (Fsp3) is 0.389. The third-order valence-corrected chi connectivity index (χ3v) is 6.33. The molecule has 1 heterocycles. The summed E-state index contributed by atoms with van der Waals surface area (Å²) in [6.07, 6.45) is 6.44. The summed E-state index contributed by atoms with van der Waals surface area (Å²) < 4.78 is 0.804. The molecule has 0 atom stereocenters. The van der Waals surface area contributed by atoms with Gasteiger partial charge in [-0.3, -0.25) is 4.79 Å². The molecule has 1 aromatic heterocycles. The molecule has 0 aliphatic heterocycles. The van der Waals surface area contributed by atoms with Crippen LogP contribution in [0.2, 0.25) is 5.02 Å². The summed E-state index contributed by atoms with van der Waals surface area (Å²) in [4.78, 5) is 13.9. The molecule has 3 rings (SSSR count). The molecule has 0 unspecified atom stereocenters. The molecule has 1 aliphatic carbocycles. The third-order valence-electron chi connectivity index (χ3n) is 4.31. The van der Waals surface area contributed by atoms with Gasteiger partial charge in [0, 0.05) is 14.7 Å². The molecule has 5 heteroatoms. The van der Waals surface area contributed by atoms with Gasteiger partial charge in [-0.15, -0.1) is 11.3 Å². The van der Waals surface area contributed by atoms with Crippen molar-refractivity contribution in [3.8, 4) is 0 Å². The lowest BCUT2D eigenvalue weighted by Gasteiger charge is -2.19. The molecule has 1 fully saturated rings. The normalized spacial score (nSPS) is 15.6. The number of anilines is 1. The Morgan fingerprint density at radius 3 is 2.70 bits per heavy atom. The topological polar surface area (TPSA) is 29.1 Å². The van der Waals surface area contributed by atoms with Crippen LogP contribution in [0.15, 0.2) is 28.1 Å². The summed E-state index contributed by atoms with van der Waals surface area (Å²) in [5, 5.41) is 5.43. The van der Waals surface area contributed by atoms with Gasteiger partial charge >= 0.3 is 0 Å². The maximum absolute atomic E-state index is 12.5. The number of amides is 1. The van der Waals surface area contributed by atoms with Gasteiger partial charge in [-0.25, -0.2) is 0 Å². The second-order valence-corrected chi connectivity index (χ2v) is 8.33. The van der Waals surface area contributed by atoms with Gasteiger partial charge in [0.15, 0.2) is 0 Å².